The molecular formula is C21H21NO3. The van der Waals surface area contributed by atoms with Gasteiger partial charge in [-0.15, -0.1) is 0 Å². The fraction of sp³-hybridized carbons (Fsp3) is 0.333. The Kier molecular flexibility index (Phi) is 4.03. The first-order valence-electron chi connectivity index (χ1n) is 8.46. The summed E-state index contributed by atoms with van der Waals surface area (Å²) < 4.78 is 16.9. The molecule has 0 aliphatic carbocycles. The second kappa shape index (κ2) is 6.34. The normalized spacial score (nSPS) is 18.3. The van der Waals surface area contributed by atoms with Crippen LogP contribution in [0.15, 0.2) is 30.3 Å². The van der Waals surface area contributed by atoms with Crippen molar-refractivity contribution in [2.75, 3.05) is 27.5 Å². The number of benzene rings is 2. The summed E-state index contributed by atoms with van der Waals surface area (Å²) in [6, 6.07) is 10.2. The average Bonchev–Trinajstić information content (AvgIpc) is 3.08. The summed E-state index contributed by atoms with van der Waals surface area (Å²) in [5.41, 5.74) is 4.57. The van der Waals surface area contributed by atoms with E-state index in [-0.39, 0.29) is 12.8 Å². The van der Waals surface area contributed by atoms with Crippen molar-refractivity contribution in [3.05, 3.63) is 52.6 Å². The van der Waals surface area contributed by atoms with Crippen molar-refractivity contribution in [2.24, 2.45) is 0 Å². The molecule has 2 heterocycles. The second-order valence-electron chi connectivity index (χ2n) is 6.43. The standard InChI is InChI=1S/C21H21NO3/c1-14-6-4-5-7-15(14)8-9-17-19-16(10-11-22(17)2)12-18-20(21(19)23-3)25-13-24-18/h4-7,12,17H,10-11,13H2,1-3H3. The Labute approximate surface area is 148 Å². The average molecular weight is 335 g/mol. The van der Waals surface area contributed by atoms with Crippen LogP contribution in [-0.2, 0) is 6.42 Å². The first kappa shape index (κ1) is 15.9. The fourth-order valence-electron chi connectivity index (χ4n) is 3.47. The van der Waals surface area contributed by atoms with Gasteiger partial charge in [0.2, 0.25) is 12.5 Å². The van der Waals surface area contributed by atoms with E-state index in [0.717, 1.165) is 35.6 Å². The topological polar surface area (TPSA) is 30.9 Å². The van der Waals surface area contributed by atoms with Crippen molar-refractivity contribution >= 4 is 0 Å². The molecule has 1 unspecified atom stereocenters. The Morgan fingerprint density at radius 3 is 2.88 bits per heavy atom. The predicted octanol–water partition coefficient (Wildman–Crippen LogP) is 3.31. The van der Waals surface area contributed by atoms with E-state index >= 15 is 0 Å². The SMILES string of the molecule is COc1c2c(cc3c1C(C#Cc1ccccc1C)N(C)CC3)OCO2. The highest BCUT2D eigenvalue weighted by Crippen LogP contribution is 2.49. The highest BCUT2D eigenvalue weighted by Gasteiger charge is 2.33. The van der Waals surface area contributed by atoms with Gasteiger partial charge in [0.1, 0.15) is 6.04 Å². The van der Waals surface area contributed by atoms with Crippen LogP contribution in [0.25, 0.3) is 0 Å². The molecule has 2 aliphatic heterocycles. The highest BCUT2D eigenvalue weighted by atomic mass is 16.7. The molecule has 0 radical (unpaired) electrons. The number of hydrogen-bond donors (Lipinski definition) is 0. The van der Waals surface area contributed by atoms with Crippen LogP contribution in [-0.4, -0.2) is 32.4 Å². The lowest BCUT2D eigenvalue weighted by Crippen LogP contribution is -2.31. The van der Waals surface area contributed by atoms with E-state index in [4.69, 9.17) is 14.2 Å². The molecule has 2 aliphatic rings. The van der Waals surface area contributed by atoms with Gasteiger partial charge in [0.25, 0.3) is 0 Å². The molecule has 0 saturated heterocycles. The van der Waals surface area contributed by atoms with Crippen LogP contribution in [0, 0.1) is 18.8 Å². The van der Waals surface area contributed by atoms with Crippen LogP contribution in [0.5, 0.6) is 17.2 Å². The zero-order chi connectivity index (χ0) is 17.4. The van der Waals surface area contributed by atoms with Gasteiger partial charge in [-0.25, -0.2) is 0 Å². The molecule has 4 heteroatoms. The lowest BCUT2D eigenvalue weighted by atomic mass is 9.91. The number of aryl methyl sites for hydroxylation is 1. The van der Waals surface area contributed by atoms with E-state index in [1.54, 1.807) is 7.11 Å². The number of likely N-dealkylation sites (N-methyl/N-ethyl adjacent to an activating group) is 1. The molecule has 0 fully saturated rings. The summed E-state index contributed by atoms with van der Waals surface area (Å²) in [6.45, 7) is 3.27. The number of rotatable bonds is 1. The molecule has 2 aromatic rings. The molecule has 0 N–H and O–H groups in total. The smallest absolute Gasteiger partial charge is 0.231 e. The van der Waals surface area contributed by atoms with E-state index < -0.39 is 0 Å². The maximum Gasteiger partial charge on any atom is 0.231 e. The van der Waals surface area contributed by atoms with Crippen molar-refractivity contribution in [1.82, 2.24) is 4.90 Å². The first-order valence-corrected chi connectivity index (χ1v) is 8.46. The summed E-state index contributed by atoms with van der Waals surface area (Å²) in [7, 11) is 3.78. The minimum Gasteiger partial charge on any atom is -0.492 e. The summed E-state index contributed by atoms with van der Waals surface area (Å²) in [4.78, 5) is 2.26. The molecule has 0 aromatic heterocycles. The molecule has 4 rings (SSSR count). The molecule has 0 spiro atoms. The van der Waals surface area contributed by atoms with Crippen molar-refractivity contribution in [2.45, 2.75) is 19.4 Å². The molecular weight excluding hydrogens is 314 g/mol. The van der Waals surface area contributed by atoms with Gasteiger partial charge < -0.3 is 14.2 Å². The fourth-order valence-corrected chi connectivity index (χ4v) is 3.47. The zero-order valence-corrected chi connectivity index (χ0v) is 14.8. The number of ether oxygens (including phenoxy) is 3. The number of methoxy groups -OCH3 is 1. The van der Waals surface area contributed by atoms with Gasteiger partial charge in [-0.3, -0.25) is 4.90 Å². The molecule has 0 amide bonds. The molecule has 2 aromatic carbocycles. The van der Waals surface area contributed by atoms with Crippen LogP contribution in [0.3, 0.4) is 0 Å². The molecule has 0 bridgehead atoms. The van der Waals surface area contributed by atoms with E-state index in [1.165, 1.54) is 11.1 Å². The monoisotopic (exact) mass is 335 g/mol. The van der Waals surface area contributed by atoms with Gasteiger partial charge in [0, 0.05) is 17.7 Å². The molecule has 25 heavy (non-hydrogen) atoms. The van der Waals surface area contributed by atoms with E-state index in [2.05, 4.69) is 48.9 Å². The number of hydrogen-bond acceptors (Lipinski definition) is 4. The Bertz CT molecular complexity index is 879. The Balaban J connectivity index is 1.82. The van der Waals surface area contributed by atoms with Gasteiger partial charge >= 0.3 is 0 Å². The summed E-state index contributed by atoms with van der Waals surface area (Å²) in [5.74, 6) is 9.02. The van der Waals surface area contributed by atoms with Gasteiger partial charge in [0.05, 0.1) is 7.11 Å². The van der Waals surface area contributed by atoms with Gasteiger partial charge in [-0.05, 0) is 43.7 Å². The van der Waals surface area contributed by atoms with E-state index in [9.17, 15) is 0 Å². The third-order valence-electron chi connectivity index (χ3n) is 4.88. The first-order chi connectivity index (χ1) is 12.2. The van der Waals surface area contributed by atoms with Crippen molar-refractivity contribution in [3.63, 3.8) is 0 Å². The highest BCUT2D eigenvalue weighted by molar-refractivity contribution is 5.63. The van der Waals surface area contributed by atoms with E-state index in [1.807, 2.05) is 12.1 Å². The Hall–Kier alpha value is -2.64. The van der Waals surface area contributed by atoms with Crippen molar-refractivity contribution in [1.29, 1.82) is 0 Å². The predicted molar refractivity (Wildman–Crippen MR) is 96.2 cm³/mol. The minimum absolute atomic E-state index is 0.0344. The van der Waals surface area contributed by atoms with Crippen LogP contribution in [0.1, 0.15) is 28.3 Å². The second-order valence-corrected chi connectivity index (χ2v) is 6.43. The van der Waals surface area contributed by atoms with Crippen LogP contribution in [0.2, 0.25) is 0 Å². The summed E-state index contributed by atoms with van der Waals surface area (Å²) in [5, 5.41) is 0. The third-order valence-corrected chi connectivity index (χ3v) is 4.88. The lowest BCUT2D eigenvalue weighted by Gasteiger charge is -2.32. The number of nitrogens with zero attached hydrogens (tertiary/aromatic N) is 1. The van der Waals surface area contributed by atoms with Crippen molar-refractivity contribution < 1.29 is 14.2 Å². The summed E-state index contributed by atoms with van der Waals surface area (Å²) in [6.07, 6.45) is 0.946. The molecule has 4 nitrogen and oxygen atoms in total. The molecule has 0 saturated carbocycles. The van der Waals surface area contributed by atoms with Gasteiger partial charge in [-0.1, -0.05) is 30.0 Å². The van der Waals surface area contributed by atoms with Crippen LogP contribution in [0.4, 0.5) is 0 Å². The Morgan fingerprint density at radius 2 is 2.08 bits per heavy atom. The minimum atomic E-state index is -0.0344. The number of fused-ring (bicyclic) bond motifs is 2. The maximum atomic E-state index is 5.71. The van der Waals surface area contributed by atoms with Gasteiger partial charge in [-0.2, -0.15) is 0 Å². The zero-order valence-electron chi connectivity index (χ0n) is 14.8. The van der Waals surface area contributed by atoms with Crippen LogP contribution < -0.4 is 14.2 Å². The van der Waals surface area contributed by atoms with Gasteiger partial charge in [0.15, 0.2) is 11.5 Å². The molecule has 128 valence electrons. The maximum absolute atomic E-state index is 5.71. The third kappa shape index (κ3) is 2.71. The van der Waals surface area contributed by atoms with E-state index in [0.29, 0.717) is 5.75 Å². The van der Waals surface area contributed by atoms with Crippen molar-refractivity contribution in [3.8, 4) is 29.1 Å². The quantitative estimate of drug-likeness (QED) is 0.748. The molecule has 1 atom stereocenters. The Morgan fingerprint density at radius 1 is 1.24 bits per heavy atom. The lowest BCUT2D eigenvalue weighted by molar-refractivity contribution is 0.171. The van der Waals surface area contributed by atoms with Crippen LogP contribution >= 0.6 is 0 Å². The summed E-state index contributed by atoms with van der Waals surface area (Å²) >= 11 is 0. The largest absolute Gasteiger partial charge is 0.492 e.